The Morgan fingerprint density at radius 2 is 1.35 bits per heavy atom. The van der Waals surface area contributed by atoms with Gasteiger partial charge in [-0.1, -0.05) is 31.4 Å². The summed E-state index contributed by atoms with van der Waals surface area (Å²) in [6.07, 6.45) is -7.89. The van der Waals surface area contributed by atoms with E-state index in [1.54, 1.807) is 13.0 Å². The van der Waals surface area contributed by atoms with Gasteiger partial charge in [-0.25, -0.2) is 0 Å². The van der Waals surface area contributed by atoms with Crippen LogP contribution in [0.4, 0.5) is 26.3 Å². The SMILES string of the molecule is CC1=CCC(C(C2CCC(C)CC2)(C(F)(F)F)C(F)(F)F)CC1. The minimum atomic E-state index is -5.26. The number of allylic oxidation sites excluding steroid dienone is 2. The van der Waals surface area contributed by atoms with Crippen molar-refractivity contribution in [1.82, 2.24) is 0 Å². The maximum absolute atomic E-state index is 13.9. The number of hydrogen-bond acceptors (Lipinski definition) is 0. The van der Waals surface area contributed by atoms with E-state index in [9.17, 15) is 26.3 Å². The molecule has 0 spiro atoms. The summed E-state index contributed by atoms with van der Waals surface area (Å²) in [5.74, 6) is -2.54. The summed E-state index contributed by atoms with van der Waals surface area (Å²) in [6.45, 7) is 3.66. The van der Waals surface area contributed by atoms with Crippen LogP contribution in [-0.2, 0) is 0 Å². The lowest BCUT2D eigenvalue weighted by molar-refractivity contribution is -0.380. The fraction of sp³-hybridized carbons (Fsp3) is 0.882. The zero-order valence-electron chi connectivity index (χ0n) is 13.5. The predicted molar refractivity (Wildman–Crippen MR) is 76.8 cm³/mol. The summed E-state index contributed by atoms with van der Waals surface area (Å²) >= 11 is 0. The van der Waals surface area contributed by atoms with Gasteiger partial charge in [0.25, 0.3) is 0 Å². The van der Waals surface area contributed by atoms with Crippen molar-refractivity contribution in [1.29, 1.82) is 0 Å². The van der Waals surface area contributed by atoms with E-state index < -0.39 is 29.6 Å². The number of alkyl halides is 6. The van der Waals surface area contributed by atoms with Gasteiger partial charge >= 0.3 is 12.4 Å². The molecule has 0 aromatic heterocycles. The highest BCUT2D eigenvalue weighted by atomic mass is 19.4. The van der Waals surface area contributed by atoms with E-state index in [0.717, 1.165) is 5.57 Å². The maximum Gasteiger partial charge on any atom is 0.403 e. The third-order valence-corrected chi connectivity index (χ3v) is 5.88. The third kappa shape index (κ3) is 3.27. The largest absolute Gasteiger partial charge is 0.403 e. The van der Waals surface area contributed by atoms with Crippen LogP contribution in [0.1, 0.15) is 58.8 Å². The standard InChI is InChI=1S/C17H24F6/c1-11-3-7-13(8-4-11)15(16(18,19)20,17(21,22)23)14-9-5-12(2)6-10-14/h3,12-14H,4-10H2,1-2H3. The first-order valence-corrected chi connectivity index (χ1v) is 8.29. The van der Waals surface area contributed by atoms with E-state index in [0.29, 0.717) is 19.3 Å². The zero-order chi connectivity index (χ0) is 17.5. The first-order valence-electron chi connectivity index (χ1n) is 8.29. The van der Waals surface area contributed by atoms with Gasteiger partial charge in [0, 0.05) is 0 Å². The van der Waals surface area contributed by atoms with Gasteiger partial charge in [0.2, 0.25) is 0 Å². The molecule has 2 aliphatic rings. The van der Waals surface area contributed by atoms with Crippen LogP contribution >= 0.6 is 0 Å². The molecule has 1 saturated carbocycles. The Hall–Kier alpha value is -0.680. The lowest BCUT2D eigenvalue weighted by Gasteiger charge is -2.50. The van der Waals surface area contributed by atoms with E-state index in [1.807, 2.05) is 6.92 Å². The molecule has 0 heterocycles. The van der Waals surface area contributed by atoms with Crippen molar-refractivity contribution in [2.45, 2.75) is 71.1 Å². The molecule has 0 aliphatic heterocycles. The first-order chi connectivity index (χ1) is 10.5. The second kappa shape index (κ2) is 6.32. The second-order valence-corrected chi connectivity index (χ2v) is 7.34. The summed E-state index contributed by atoms with van der Waals surface area (Å²) in [5.41, 5.74) is -2.67. The molecule has 0 saturated heterocycles. The Morgan fingerprint density at radius 1 is 0.826 bits per heavy atom. The molecule has 1 fully saturated rings. The molecule has 1 atom stereocenters. The highest BCUT2D eigenvalue weighted by molar-refractivity contribution is 5.11. The predicted octanol–water partition coefficient (Wildman–Crippen LogP) is 6.67. The van der Waals surface area contributed by atoms with Gasteiger partial charge in [-0.15, -0.1) is 0 Å². The topological polar surface area (TPSA) is 0 Å². The smallest absolute Gasteiger partial charge is 0.170 e. The van der Waals surface area contributed by atoms with Gasteiger partial charge < -0.3 is 0 Å². The summed E-state index contributed by atoms with van der Waals surface area (Å²) in [5, 5.41) is 0. The number of halogens is 6. The van der Waals surface area contributed by atoms with E-state index in [4.69, 9.17) is 0 Å². The Kier molecular flexibility index (Phi) is 5.13. The Bertz CT molecular complexity index is 423. The van der Waals surface area contributed by atoms with E-state index >= 15 is 0 Å². The average molecular weight is 342 g/mol. The minimum Gasteiger partial charge on any atom is -0.170 e. The summed E-state index contributed by atoms with van der Waals surface area (Å²) in [6, 6.07) is 0. The molecular formula is C17H24F6. The van der Waals surface area contributed by atoms with Gasteiger partial charge in [-0.3, -0.25) is 0 Å². The zero-order valence-corrected chi connectivity index (χ0v) is 13.5. The van der Waals surface area contributed by atoms with Crippen LogP contribution in [0.15, 0.2) is 11.6 Å². The van der Waals surface area contributed by atoms with Crippen LogP contribution in [0.5, 0.6) is 0 Å². The van der Waals surface area contributed by atoms with Crippen LogP contribution in [0.2, 0.25) is 0 Å². The molecule has 6 heteroatoms. The molecule has 2 aliphatic carbocycles. The van der Waals surface area contributed by atoms with Crippen molar-refractivity contribution in [3.8, 4) is 0 Å². The summed E-state index contributed by atoms with van der Waals surface area (Å²) in [7, 11) is 0. The van der Waals surface area contributed by atoms with Crippen LogP contribution in [0.3, 0.4) is 0 Å². The minimum absolute atomic E-state index is 0.0133. The van der Waals surface area contributed by atoms with E-state index in [2.05, 4.69) is 0 Å². The third-order valence-electron chi connectivity index (χ3n) is 5.88. The highest BCUT2D eigenvalue weighted by Crippen LogP contribution is 2.64. The van der Waals surface area contributed by atoms with Gasteiger partial charge in [-0.05, 0) is 56.8 Å². The quantitative estimate of drug-likeness (QED) is 0.388. The first kappa shape index (κ1) is 18.7. The van der Waals surface area contributed by atoms with Gasteiger partial charge in [0.1, 0.15) is 0 Å². The van der Waals surface area contributed by atoms with E-state index in [1.165, 1.54) is 0 Å². The van der Waals surface area contributed by atoms with E-state index in [-0.39, 0.29) is 31.6 Å². The highest BCUT2D eigenvalue weighted by Gasteiger charge is 2.76. The van der Waals surface area contributed by atoms with Crippen molar-refractivity contribution >= 4 is 0 Å². The molecule has 2 rings (SSSR count). The Morgan fingerprint density at radius 3 is 1.74 bits per heavy atom. The monoisotopic (exact) mass is 342 g/mol. The molecule has 134 valence electrons. The molecule has 0 amide bonds. The molecule has 0 bridgehead atoms. The number of rotatable bonds is 2. The van der Waals surface area contributed by atoms with Crippen LogP contribution < -0.4 is 0 Å². The van der Waals surface area contributed by atoms with Gasteiger partial charge in [0.05, 0.1) is 0 Å². The molecule has 0 N–H and O–H groups in total. The van der Waals surface area contributed by atoms with Gasteiger partial charge in [-0.2, -0.15) is 26.3 Å². The number of hydrogen-bond donors (Lipinski definition) is 0. The average Bonchev–Trinajstić information content (AvgIpc) is 2.40. The van der Waals surface area contributed by atoms with Crippen molar-refractivity contribution in [2.75, 3.05) is 0 Å². The molecule has 0 radical (unpaired) electrons. The molecular weight excluding hydrogens is 318 g/mol. The van der Waals surface area contributed by atoms with Gasteiger partial charge in [0.15, 0.2) is 5.41 Å². The Balaban J connectivity index is 2.48. The normalized spacial score (nSPS) is 31.0. The fourth-order valence-corrected chi connectivity index (χ4v) is 4.51. The molecule has 0 aromatic rings. The lowest BCUT2D eigenvalue weighted by atomic mass is 9.57. The molecule has 0 nitrogen and oxygen atoms in total. The van der Waals surface area contributed by atoms with Crippen LogP contribution in [-0.4, -0.2) is 12.4 Å². The van der Waals surface area contributed by atoms with Crippen LogP contribution in [0, 0.1) is 23.2 Å². The van der Waals surface area contributed by atoms with Crippen molar-refractivity contribution in [2.24, 2.45) is 23.2 Å². The Labute approximate surface area is 133 Å². The summed E-state index contributed by atoms with van der Waals surface area (Å²) in [4.78, 5) is 0. The van der Waals surface area contributed by atoms with Crippen molar-refractivity contribution < 1.29 is 26.3 Å². The molecule has 0 aromatic carbocycles. The van der Waals surface area contributed by atoms with Crippen molar-refractivity contribution in [3.63, 3.8) is 0 Å². The van der Waals surface area contributed by atoms with Crippen molar-refractivity contribution in [3.05, 3.63) is 11.6 Å². The lowest BCUT2D eigenvalue weighted by Crippen LogP contribution is -2.60. The van der Waals surface area contributed by atoms with Crippen LogP contribution in [0.25, 0.3) is 0 Å². The second-order valence-electron chi connectivity index (χ2n) is 7.34. The maximum atomic E-state index is 13.9. The molecule has 1 unspecified atom stereocenters. The summed E-state index contributed by atoms with van der Waals surface area (Å²) < 4.78 is 83.4. The molecule has 23 heavy (non-hydrogen) atoms. The fourth-order valence-electron chi connectivity index (χ4n) is 4.51.